The van der Waals surface area contributed by atoms with Gasteiger partial charge in [0.25, 0.3) is 0 Å². The molecule has 114 valence electrons. The highest BCUT2D eigenvalue weighted by atomic mass is 16.2. The lowest BCUT2D eigenvalue weighted by Gasteiger charge is -2.33. The largest absolute Gasteiger partial charge is 0.330 e. The first-order valence-electron chi connectivity index (χ1n) is 8.16. The molecular weight excluding hydrogens is 250 g/mol. The van der Waals surface area contributed by atoms with Crippen LogP contribution in [0.15, 0.2) is 11.8 Å². The van der Waals surface area contributed by atoms with E-state index in [0.717, 1.165) is 51.9 Å². The summed E-state index contributed by atoms with van der Waals surface area (Å²) < 4.78 is 0. The van der Waals surface area contributed by atoms with Crippen LogP contribution in [0.4, 0.5) is 0 Å². The van der Waals surface area contributed by atoms with Gasteiger partial charge in [0.2, 0.25) is 5.91 Å². The van der Waals surface area contributed by atoms with Gasteiger partial charge in [0, 0.05) is 12.2 Å². The van der Waals surface area contributed by atoms with E-state index in [4.69, 9.17) is 5.73 Å². The van der Waals surface area contributed by atoms with Crippen molar-refractivity contribution in [2.45, 2.75) is 45.4 Å². The maximum absolute atomic E-state index is 12.5. The van der Waals surface area contributed by atoms with Crippen LogP contribution < -0.4 is 5.73 Å². The Kier molecular flexibility index (Phi) is 6.05. The summed E-state index contributed by atoms with van der Waals surface area (Å²) in [6, 6.07) is 0. The maximum atomic E-state index is 12.5. The van der Waals surface area contributed by atoms with Crippen LogP contribution >= 0.6 is 0 Å². The Hall–Kier alpha value is -0.870. The first kappa shape index (κ1) is 15.5. The standard InChI is InChI=1S/C16H29N3O/c1-2-19(15-6-4-3-5-7-15)16(20)13-18-10-8-14(12-17)9-11-18/h6,14H,2-5,7-13,17H2,1H3. The van der Waals surface area contributed by atoms with E-state index in [1.165, 1.54) is 18.5 Å². The van der Waals surface area contributed by atoms with Crippen molar-refractivity contribution >= 4 is 5.91 Å². The second-order valence-corrected chi connectivity index (χ2v) is 6.03. The molecule has 1 aliphatic heterocycles. The molecule has 0 aromatic carbocycles. The summed E-state index contributed by atoms with van der Waals surface area (Å²) in [5, 5.41) is 0. The normalized spacial score (nSPS) is 21.6. The highest BCUT2D eigenvalue weighted by Gasteiger charge is 2.23. The molecule has 0 saturated carbocycles. The monoisotopic (exact) mass is 279 g/mol. The third kappa shape index (κ3) is 4.06. The lowest BCUT2D eigenvalue weighted by Crippen LogP contribution is -2.44. The van der Waals surface area contributed by atoms with Crippen molar-refractivity contribution in [3.8, 4) is 0 Å². The maximum Gasteiger partial charge on any atom is 0.240 e. The fourth-order valence-corrected chi connectivity index (χ4v) is 3.26. The van der Waals surface area contributed by atoms with Crippen molar-refractivity contribution in [3.05, 3.63) is 11.8 Å². The van der Waals surface area contributed by atoms with E-state index in [9.17, 15) is 4.79 Å². The first-order chi connectivity index (χ1) is 9.74. The number of hydrogen-bond acceptors (Lipinski definition) is 3. The summed E-state index contributed by atoms with van der Waals surface area (Å²) in [6.07, 6.45) is 9.21. The molecule has 2 rings (SSSR count). The van der Waals surface area contributed by atoms with Gasteiger partial charge in [0.15, 0.2) is 0 Å². The lowest BCUT2D eigenvalue weighted by atomic mass is 9.97. The molecular formula is C16H29N3O. The number of carbonyl (C=O) groups is 1. The number of likely N-dealkylation sites (N-methyl/N-ethyl adjacent to an activating group) is 1. The molecule has 1 heterocycles. The number of nitrogens with zero attached hydrogens (tertiary/aromatic N) is 2. The fourth-order valence-electron chi connectivity index (χ4n) is 3.26. The van der Waals surface area contributed by atoms with Crippen molar-refractivity contribution in [2.24, 2.45) is 11.7 Å². The van der Waals surface area contributed by atoms with Gasteiger partial charge in [0.05, 0.1) is 6.54 Å². The van der Waals surface area contributed by atoms with Gasteiger partial charge < -0.3 is 10.6 Å². The molecule has 0 aromatic rings. The van der Waals surface area contributed by atoms with E-state index < -0.39 is 0 Å². The Bertz CT molecular complexity index is 346. The van der Waals surface area contributed by atoms with Crippen LogP contribution in [0.2, 0.25) is 0 Å². The molecule has 1 aliphatic carbocycles. The number of amides is 1. The number of nitrogens with two attached hydrogens (primary N) is 1. The minimum absolute atomic E-state index is 0.270. The van der Waals surface area contributed by atoms with Crippen LogP contribution in [0.25, 0.3) is 0 Å². The van der Waals surface area contributed by atoms with Crippen molar-refractivity contribution < 1.29 is 4.79 Å². The Morgan fingerprint density at radius 2 is 2.15 bits per heavy atom. The zero-order valence-corrected chi connectivity index (χ0v) is 12.8. The number of allylic oxidation sites excluding steroid dienone is 2. The van der Waals surface area contributed by atoms with E-state index in [0.29, 0.717) is 12.5 Å². The molecule has 2 N–H and O–H groups in total. The molecule has 1 amide bonds. The molecule has 4 heteroatoms. The third-order valence-corrected chi connectivity index (χ3v) is 4.63. The topological polar surface area (TPSA) is 49.6 Å². The average molecular weight is 279 g/mol. The van der Waals surface area contributed by atoms with Crippen LogP contribution in [0.5, 0.6) is 0 Å². The SMILES string of the molecule is CCN(C(=O)CN1CCC(CN)CC1)C1=CCCCC1. The third-order valence-electron chi connectivity index (χ3n) is 4.63. The van der Waals surface area contributed by atoms with E-state index in [1.807, 2.05) is 4.90 Å². The summed E-state index contributed by atoms with van der Waals surface area (Å²) in [4.78, 5) is 16.8. The van der Waals surface area contributed by atoms with Crippen LogP contribution in [0.1, 0.15) is 45.4 Å². The van der Waals surface area contributed by atoms with Crippen molar-refractivity contribution in [2.75, 3.05) is 32.7 Å². The number of piperidine rings is 1. The molecule has 0 radical (unpaired) electrons. The molecule has 20 heavy (non-hydrogen) atoms. The second kappa shape index (κ2) is 7.79. The predicted octanol–water partition coefficient (Wildman–Crippen LogP) is 1.96. The zero-order chi connectivity index (χ0) is 14.4. The average Bonchev–Trinajstić information content (AvgIpc) is 2.50. The van der Waals surface area contributed by atoms with Crippen molar-refractivity contribution in [1.29, 1.82) is 0 Å². The summed E-state index contributed by atoms with van der Waals surface area (Å²) in [7, 11) is 0. The Morgan fingerprint density at radius 1 is 1.40 bits per heavy atom. The second-order valence-electron chi connectivity index (χ2n) is 6.03. The highest BCUT2D eigenvalue weighted by Crippen LogP contribution is 2.22. The van der Waals surface area contributed by atoms with Gasteiger partial charge in [-0.3, -0.25) is 9.69 Å². The van der Waals surface area contributed by atoms with Crippen LogP contribution in [-0.2, 0) is 4.79 Å². The molecule has 1 fully saturated rings. The minimum Gasteiger partial charge on any atom is -0.330 e. The van der Waals surface area contributed by atoms with E-state index in [-0.39, 0.29) is 5.91 Å². The summed E-state index contributed by atoms with van der Waals surface area (Å²) >= 11 is 0. The molecule has 0 spiro atoms. The Labute approximate surface area is 123 Å². The Morgan fingerprint density at radius 3 is 2.70 bits per heavy atom. The van der Waals surface area contributed by atoms with E-state index >= 15 is 0 Å². The molecule has 2 aliphatic rings. The van der Waals surface area contributed by atoms with Gasteiger partial charge in [0.1, 0.15) is 0 Å². The van der Waals surface area contributed by atoms with E-state index in [1.54, 1.807) is 0 Å². The van der Waals surface area contributed by atoms with Gasteiger partial charge in [-0.25, -0.2) is 0 Å². The smallest absolute Gasteiger partial charge is 0.240 e. The number of rotatable bonds is 5. The van der Waals surface area contributed by atoms with Gasteiger partial charge >= 0.3 is 0 Å². The minimum atomic E-state index is 0.270. The molecule has 1 saturated heterocycles. The zero-order valence-electron chi connectivity index (χ0n) is 12.8. The van der Waals surface area contributed by atoms with Gasteiger partial charge in [-0.1, -0.05) is 6.08 Å². The number of likely N-dealkylation sites (tertiary alicyclic amines) is 1. The molecule has 0 atom stereocenters. The number of hydrogen-bond donors (Lipinski definition) is 1. The highest BCUT2D eigenvalue weighted by molar-refractivity contribution is 5.80. The first-order valence-corrected chi connectivity index (χ1v) is 8.16. The fraction of sp³-hybridized carbons (Fsp3) is 0.812. The van der Waals surface area contributed by atoms with Crippen LogP contribution in [0.3, 0.4) is 0 Å². The van der Waals surface area contributed by atoms with Gasteiger partial charge in [-0.15, -0.1) is 0 Å². The van der Waals surface area contributed by atoms with Crippen molar-refractivity contribution in [3.63, 3.8) is 0 Å². The Balaban J connectivity index is 1.85. The molecule has 0 aromatic heterocycles. The quantitative estimate of drug-likeness (QED) is 0.837. The van der Waals surface area contributed by atoms with Gasteiger partial charge in [-0.05, 0) is 71.0 Å². The van der Waals surface area contributed by atoms with Crippen LogP contribution in [-0.4, -0.2) is 48.4 Å². The van der Waals surface area contributed by atoms with Gasteiger partial charge in [-0.2, -0.15) is 0 Å². The van der Waals surface area contributed by atoms with E-state index in [2.05, 4.69) is 17.9 Å². The van der Waals surface area contributed by atoms with Crippen molar-refractivity contribution in [1.82, 2.24) is 9.80 Å². The molecule has 4 nitrogen and oxygen atoms in total. The predicted molar refractivity (Wildman–Crippen MR) is 82.2 cm³/mol. The summed E-state index contributed by atoms with van der Waals surface area (Å²) in [5.74, 6) is 0.927. The van der Waals surface area contributed by atoms with Crippen LogP contribution in [0, 0.1) is 5.92 Å². The summed E-state index contributed by atoms with van der Waals surface area (Å²) in [5.41, 5.74) is 6.97. The lowest BCUT2D eigenvalue weighted by molar-refractivity contribution is -0.130. The number of carbonyl (C=O) groups excluding carboxylic acids is 1. The molecule has 0 unspecified atom stereocenters. The molecule has 0 bridgehead atoms. The summed E-state index contributed by atoms with van der Waals surface area (Å²) in [6.45, 7) is 6.27.